The lowest BCUT2D eigenvalue weighted by Gasteiger charge is -2.39. The monoisotopic (exact) mass is 249 g/mol. The zero-order valence-corrected chi connectivity index (χ0v) is 10.8. The Balaban J connectivity index is 2.30. The fraction of sp³-hybridized carbons (Fsp3) is 0.462. The molecule has 1 fully saturated rings. The van der Waals surface area contributed by atoms with E-state index in [0.717, 1.165) is 18.8 Å². The molecule has 0 aromatic heterocycles. The predicted octanol–water partition coefficient (Wildman–Crippen LogP) is 2.40. The number of nitrogens with one attached hydrogen (secondary N) is 1. The van der Waals surface area contributed by atoms with Crippen LogP contribution in [0, 0.1) is 11.3 Å². The summed E-state index contributed by atoms with van der Waals surface area (Å²) >= 11 is 6.24. The number of nitriles is 1. The van der Waals surface area contributed by atoms with E-state index >= 15 is 0 Å². The van der Waals surface area contributed by atoms with E-state index in [9.17, 15) is 0 Å². The van der Waals surface area contributed by atoms with Crippen molar-refractivity contribution >= 4 is 17.3 Å². The SMILES string of the molecule is CC1CN(c2ccc(C#N)cc2Cl)C(C)CN1. The quantitative estimate of drug-likeness (QED) is 0.831. The first-order chi connectivity index (χ1) is 8.11. The van der Waals surface area contributed by atoms with Crippen molar-refractivity contribution in [3.63, 3.8) is 0 Å². The summed E-state index contributed by atoms with van der Waals surface area (Å²) in [6, 6.07) is 8.46. The molecule has 2 unspecified atom stereocenters. The first-order valence-electron chi connectivity index (χ1n) is 5.81. The molecule has 3 nitrogen and oxygen atoms in total. The molecule has 0 radical (unpaired) electrons. The highest BCUT2D eigenvalue weighted by Gasteiger charge is 2.23. The first-order valence-corrected chi connectivity index (χ1v) is 6.19. The molecule has 1 aromatic carbocycles. The Kier molecular flexibility index (Phi) is 3.56. The minimum Gasteiger partial charge on any atom is -0.365 e. The number of hydrogen-bond donors (Lipinski definition) is 1. The molecule has 0 saturated carbocycles. The lowest BCUT2D eigenvalue weighted by atomic mass is 10.1. The van der Waals surface area contributed by atoms with Crippen LogP contribution < -0.4 is 10.2 Å². The summed E-state index contributed by atoms with van der Waals surface area (Å²) in [5.41, 5.74) is 1.63. The summed E-state index contributed by atoms with van der Waals surface area (Å²) in [5, 5.41) is 12.9. The van der Waals surface area contributed by atoms with Gasteiger partial charge in [-0.25, -0.2) is 0 Å². The van der Waals surface area contributed by atoms with Crippen molar-refractivity contribution in [2.24, 2.45) is 0 Å². The van der Waals surface area contributed by atoms with Gasteiger partial charge in [-0.05, 0) is 32.0 Å². The van der Waals surface area contributed by atoms with E-state index in [-0.39, 0.29) is 0 Å². The van der Waals surface area contributed by atoms with Crippen LogP contribution in [0.1, 0.15) is 19.4 Å². The van der Waals surface area contributed by atoms with Gasteiger partial charge in [0.15, 0.2) is 0 Å². The van der Waals surface area contributed by atoms with E-state index in [1.807, 2.05) is 12.1 Å². The number of benzene rings is 1. The average Bonchev–Trinajstić information content (AvgIpc) is 2.32. The van der Waals surface area contributed by atoms with Gasteiger partial charge in [0.25, 0.3) is 0 Å². The van der Waals surface area contributed by atoms with Crippen molar-refractivity contribution in [1.29, 1.82) is 5.26 Å². The van der Waals surface area contributed by atoms with Crippen molar-refractivity contribution in [3.05, 3.63) is 28.8 Å². The second-order valence-corrected chi connectivity index (χ2v) is 5.00. The van der Waals surface area contributed by atoms with E-state index in [2.05, 4.69) is 30.1 Å². The number of halogens is 1. The van der Waals surface area contributed by atoms with E-state index in [1.165, 1.54) is 0 Å². The molecule has 1 saturated heterocycles. The normalized spacial score (nSPS) is 24.5. The lowest BCUT2D eigenvalue weighted by Crippen LogP contribution is -2.54. The molecule has 17 heavy (non-hydrogen) atoms. The second-order valence-electron chi connectivity index (χ2n) is 4.59. The molecule has 0 bridgehead atoms. The Morgan fingerprint density at radius 3 is 2.88 bits per heavy atom. The van der Waals surface area contributed by atoms with E-state index in [1.54, 1.807) is 6.07 Å². The highest BCUT2D eigenvalue weighted by atomic mass is 35.5. The zero-order valence-electron chi connectivity index (χ0n) is 10.1. The standard InChI is InChI=1S/C13H16ClN3/c1-9-8-17(10(2)7-16-9)13-4-3-11(6-15)5-12(13)14/h3-5,9-10,16H,7-8H2,1-2H3. The van der Waals surface area contributed by atoms with Crippen LogP contribution in [0.15, 0.2) is 18.2 Å². The molecule has 0 amide bonds. The molecule has 1 aliphatic heterocycles. The van der Waals surface area contributed by atoms with Gasteiger partial charge in [-0.2, -0.15) is 5.26 Å². The third-order valence-electron chi connectivity index (χ3n) is 3.15. The van der Waals surface area contributed by atoms with Gasteiger partial charge in [-0.1, -0.05) is 11.6 Å². The van der Waals surface area contributed by atoms with Crippen LogP contribution in [-0.2, 0) is 0 Å². The summed E-state index contributed by atoms with van der Waals surface area (Å²) in [6.07, 6.45) is 0. The number of nitrogens with zero attached hydrogens (tertiary/aromatic N) is 2. The van der Waals surface area contributed by atoms with Crippen LogP contribution >= 0.6 is 11.6 Å². The molecule has 1 N–H and O–H groups in total. The highest BCUT2D eigenvalue weighted by molar-refractivity contribution is 6.33. The third-order valence-corrected chi connectivity index (χ3v) is 3.45. The van der Waals surface area contributed by atoms with Crippen LogP contribution in [0.5, 0.6) is 0 Å². The largest absolute Gasteiger partial charge is 0.365 e. The maximum Gasteiger partial charge on any atom is 0.0992 e. The van der Waals surface area contributed by atoms with Crippen LogP contribution in [-0.4, -0.2) is 25.2 Å². The van der Waals surface area contributed by atoms with Gasteiger partial charge in [-0.3, -0.25) is 0 Å². The molecular formula is C13H16ClN3. The molecule has 2 rings (SSSR count). The molecule has 1 aromatic rings. The second kappa shape index (κ2) is 4.95. The minimum atomic E-state index is 0.414. The summed E-state index contributed by atoms with van der Waals surface area (Å²) in [5.74, 6) is 0. The third kappa shape index (κ3) is 2.54. The van der Waals surface area contributed by atoms with Crippen molar-refractivity contribution in [3.8, 4) is 6.07 Å². The highest BCUT2D eigenvalue weighted by Crippen LogP contribution is 2.29. The van der Waals surface area contributed by atoms with Crippen LogP contribution in [0.25, 0.3) is 0 Å². The van der Waals surface area contributed by atoms with Crippen molar-refractivity contribution in [2.75, 3.05) is 18.0 Å². The number of piperazine rings is 1. The summed E-state index contributed by atoms with van der Waals surface area (Å²) in [4.78, 5) is 2.30. The molecule has 1 aliphatic rings. The zero-order chi connectivity index (χ0) is 12.4. The summed E-state index contributed by atoms with van der Waals surface area (Å²) in [6.45, 7) is 6.23. The molecule has 0 aliphatic carbocycles. The molecular weight excluding hydrogens is 234 g/mol. The summed E-state index contributed by atoms with van der Waals surface area (Å²) in [7, 11) is 0. The fourth-order valence-electron chi connectivity index (χ4n) is 2.17. The molecule has 0 spiro atoms. The van der Waals surface area contributed by atoms with Crippen molar-refractivity contribution < 1.29 is 0 Å². The number of hydrogen-bond acceptors (Lipinski definition) is 3. The predicted molar refractivity (Wildman–Crippen MR) is 70.4 cm³/mol. The Morgan fingerprint density at radius 1 is 1.47 bits per heavy atom. The average molecular weight is 250 g/mol. The van der Waals surface area contributed by atoms with E-state index in [4.69, 9.17) is 16.9 Å². The smallest absolute Gasteiger partial charge is 0.0992 e. The molecule has 90 valence electrons. The summed E-state index contributed by atoms with van der Waals surface area (Å²) < 4.78 is 0. The fourth-order valence-corrected chi connectivity index (χ4v) is 2.46. The maximum atomic E-state index is 8.83. The van der Waals surface area contributed by atoms with E-state index in [0.29, 0.717) is 22.7 Å². The van der Waals surface area contributed by atoms with E-state index < -0.39 is 0 Å². The van der Waals surface area contributed by atoms with Gasteiger partial charge >= 0.3 is 0 Å². The Bertz CT molecular complexity index is 452. The lowest BCUT2D eigenvalue weighted by molar-refractivity contribution is 0.425. The van der Waals surface area contributed by atoms with Gasteiger partial charge in [0, 0.05) is 25.2 Å². The Hall–Kier alpha value is -1.24. The topological polar surface area (TPSA) is 39.1 Å². The van der Waals surface area contributed by atoms with Gasteiger partial charge in [0.05, 0.1) is 22.3 Å². The van der Waals surface area contributed by atoms with Crippen molar-refractivity contribution in [2.45, 2.75) is 25.9 Å². The van der Waals surface area contributed by atoms with Gasteiger partial charge in [-0.15, -0.1) is 0 Å². The minimum absolute atomic E-state index is 0.414. The van der Waals surface area contributed by atoms with Gasteiger partial charge in [0.1, 0.15) is 0 Å². The van der Waals surface area contributed by atoms with Crippen LogP contribution in [0.4, 0.5) is 5.69 Å². The van der Waals surface area contributed by atoms with Crippen LogP contribution in [0.2, 0.25) is 5.02 Å². The molecule has 1 heterocycles. The van der Waals surface area contributed by atoms with Gasteiger partial charge < -0.3 is 10.2 Å². The van der Waals surface area contributed by atoms with Crippen molar-refractivity contribution in [1.82, 2.24) is 5.32 Å². The number of rotatable bonds is 1. The molecule has 4 heteroatoms. The number of anilines is 1. The van der Waals surface area contributed by atoms with Crippen LogP contribution in [0.3, 0.4) is 0 Å². The Morgan fingerprint density at radius 2 is 2.24 bits per heavy atom. The first kappa shape index (κ1) is 12.2. The molecule has 2 atom stereocenters. The maximum absolute atomic E-state index is 8.83. The van der Waals surface area contributed by atoms with Gasteiger partial charge in [0.2, 0.25) is 0 Å². The Labute approximate surface area is 107 Å².